The molecule has 2 aliphatic carbocycles. The van der Waals surface area contributed by atoms with Crippen molar-refractivity contribution in [2.75, 3.05) is 44.4 Å². The quantitative estimate of drug-likeness (QED) is 0.110. The Kier molecular flexibility index (Phi) is 15.6. The van der Waals surface area contributed by atoms with Crippen LogP contribution in [-0.2, 0) is 20.4 Å². The number of unbranched alkanes of at least 4 members (excludes halogenated alkanes) is 3. The molecule has 2 fully saturated rings. The van der Waals surface area contributed by atoms with Crippen molar-refractivity contribution in [3.8, 4) is 11.3 Å². The van der Waals surface area contributed by atoms with Crippen molar-refractivity contribution in [2.45, 2.75) is 112 Å². The third kappa shape index (κ3) is 10.5. The summed E-state index contributed by atoms with van der Waals surface area (Å²) in [7, 11) is -3.57. The molecule has 2 aromatic carbocycles. The Morgan fingerprint density at radius 1 is 0.633 bits per heavy atom. The average molecular weight is 1030 g/mol. The normalized spacial score (nSPS) is 17.4. The zero-order valence-electron chi connectivity index (χ0n) is 36.7. The fourth-order valence-corrected chi connectivity index (χ4v) is 28.4. The summed E-state index contributed by atoms with van der Waals surface area (Å²) in [5.74, 6) is 1.04. The van der Waals surface area contributed by atoms with Crippen LogP contribution in [0.2, 0.25) is 13.3 Å². The summed E-state index contributed by atoms with van der Waals surface area (Å²) >= 11 is 1.10. The maximum absolute atomic E-state index is 12.7. The third-order valence-corrected chi connectivity index (χ3v) is 32.1. The van der Waals surface area contributed by atoms with Crippen LogP contribution in [0.25, 0.3) is 11.3 Å². The maximum Gasteiger partial charge on any atom is 0.326 e. The molecule has 0 N–H and O–H groups in total. The first-order valence-corrected chi connectivity index (χ1v) is 33.1. The van der Waals surface area contributed by atoms with Crippen LogP contribution in [0, 0.1) is 25.7 Å². The van der Waals surface area contributed by atoms with E-state index in [1.165, 1.54) is 70.3 Å². The average Bonchev–Trinajstić information content (AvgIpc) is 4.18. The van der Waals surface area contributed by atoms with Gasteiger partial charge >= 0.3 is 151 Å². The summed E-state index contributed by atoms with van der Waals surface area (Å²) in [5, 5.41) is 0. The summed E-state index contributed by atoms with van der Waals surface area (Å²) in [6.07, 6.45) is 16.6. The number of aromatic nitrogens is 2. The van der Waals surface area contributed by atoms with Crippen LogP contribution in [-0.4, -0.2) is 72.4 Å². The van der Waals surface area contributed by atoms with E-state index in [1.807, 2.05) is 61.7 Å². The molecular formula is C46H65BrN6O4S2Sn. The van der Waals surface area contributed by atoms with Crippen molar-refractivity contribution in [3.05, 3.63) is 88.7 Å². The predicted molar refractivity (Wildman–Crippen MR) is 257 cm³/mol. The minimum absolute atomic E-state index is 0.502. The molecule has 4 aliphatic rings. The Morgan fingerprint density at radius 3 is 1.57 bits per heavy atom. The van der Waals surface area contributed by atoms with Crippen molar-refractivity contribution in [1.82, 2.24) is 9.97 Å². The number of fused-ring (bicyclic) bond motifs is 2. The molecule has 0 spiro atoms. The molecule has 10 nitrogen and oxygen atoms in total. The molecule has 0 atom stereocenters. The van der Waals surface area contributed by atoms with Gasteiger partial charge in [0, 0.05) is 43.4 Å². The number of anilines is 4. The molecule has 0 unspecified atom stereocenters. The van der Waals surface area contributed by atoms with Gasteiger partial charge in [-0.2, -0.15) is 16.8 Å². The van der Waals surface area contributed by atoms with Gasteiger partial charge in [0.1, 0.15) is 0 Å². The third-order valence-electron chi connectivity index (χ3n) is 12.4. The topological polar surface area (TPSA) is 107 Å². The second-order valence-electron chi connectivity index (χ2n) is 17.2. The first-order valence-electron chi connectivity index (χ1n) is 22.0. The fraction of sp³-hybridized carbons (Fsp3) is 0.522. The molecule has 2 aliphatic heterocycles. The van der Waals surface area contributed by atoms with E-state index in [0.29, 0.717) is 24.9 Å². The van der Waals surface area contributed by atoms with Crippen LogP contribution in [0.5, 0.6) is 0 Å². The van der Waals surface area contributed by atoms with E-state index in [0.717, 1.165) is 69.7 Å². The first kappa shape index (κ1) is 46.6. The summed E-state index contributed by atoms with van der Waals surface area (Å²) in [4.78, 5) is 9.33. The zero-order chi connectivity index (χ0) is 43.2. The predicted octanol–water partition coefficient (Wildman–Crippen LogP) is 10.8. The number of benzene rings is 2. The number of hydrogen-bond donors (Lipinski definition) is 0. The summed E-state index contributed by atoms with van der Waals surface area (Å²) in [6, 6.07) is 19.7. The molecule has 4 aromatic rings. The van der Waals surface area contributed by atoms with Gasteiger partial charge in [0.05, 0.1) is 28.4 Å². The minimum Gasteiger partial charge on any atom is -0.256 e. The largest absolute Gasteiger partial charge is 0.326 e. The minimum atomic E-state index is -3.44. The molecule has 326 valence electrons. The summed E-state index contributed by atoms with van der Waals surface area (Å²) in [5.41, 5.74) is 7.43. The molecule has 0 saturated heterocycles. The van der Waals surface area contributed by atoms with E-state index in [-0.39, 0.29) is 0 Å². The maximum atomic E-state index is 12.7. The van der Waals surface area contributed by atoms with Crippen molar-refractivity contribution < 1.29 is 16.8 Å². The Hall–Kier alpha value is -2.88. The number of halogens is 1. The Bertz CT molecular complexity index is 2300. The molecule has 0 amide bonds. The van der Waals surface area contributed by atoms with Crippen molar-refractivity contribution in [1.29, 1.82) is 0 Å². The smallest absolute Gasteiger partial charge is 0.256 e. The van der Waals surface area contributed by atoms with Crippen LogP contribution < -0.4 is 20.9 Å². The van der Waals surface area contributed by atoms with Crippen molar-refractivity contribution >= 4 is 81.2 Å². The second kappa shape index (κ2) is 20.1. The van der Waals surface area contributed by atoms with Gasteiger partial charge < -0.3 is 0 Å². The molecule has 4 heterocycles. The molecule has 0 bridgehead atoms. The van der Waals surface area contributed by atoms with Crippen molar-refractivity contribution in [3.63, 3.8) is 0 Å². The van der Waals surface area contributed by atoms with Gasteiger partial charge in [-0.3, -0.25) is 22.2 Å². The SMILES string of the molecule is CCC[CH2][Sn]([CH2]CCC)([CH2]CCC)[c]1ncccc1C.CN1c2cc(Br)ccc2N(CC2CC2)S1(=O)=O.Cc1cccnc1-c1ccc2c(c1)N(C)S(=O)(=O)N2CC1CC1. The van der Waals surface area contributed by atoms with Gasteiger partial charge in [-0.15, -0.1) is 0 Å². The van der Waals surface area contributed by atoms with Gasteiger partial charge in [0.2, 0.25) is 0 Å². The van der Waals surface area contributed by atoms with Gasteiger partial charge in [-0.05, 0) is 86.4 Å². The molecule has 2 saturated carbocycles. The second-order valence-corrected chi connectivity index (χ2v) is 34.8. The van der Waals surface area contributed by atoms with Crippen LogP contribution in [0.4, 0.5) is 22.7 Å². The number of hydrogen-bond acceptors (Lipinski definition) is 6. The van der Waals surface area contributed by atoms with E-state index in [1.54, 1.807) is 28.3 Å². The van der Waals surface area contributed by atoms with Crippen molar-refractivity contribution in [2.24, 2.45) is 11.8 Å². The fourth-order valence-electron chi connectivity index (χ4n) is 8.45. The molecule has 2 aromatic heterocycles. The van der Waals surface area contributed by atoms with Crippen LogP contribution in [0.15, 0.2) is 77.5 Å². The van der Waals surface area contributed by atoms with Crippen LogP contribution >= 0.6 is 15.9 Å². The van der Waals surface area contributed by atoms with E-state index in [2.05, 4.69) is 60.7 Å². The van der Waals surface area contributed by atoms with Gasteiger partial charge in [0.15, 0.2) is 0 Å². The molecule has 14 heteroatoms. The Morgan fingerprint density at radius 2 is 1.10 bits per heavy atom. The van der Waals surface area contributed by atoms with E-state index in [4.69, 9.17) is 4.98 Å². The van der Waals surface area contributed by atoms with Crippen LogP contribution in [0.1, 0.15) is 96.1 Å². The zero-order valence-corrected chi connectivity index (χ0v) is 42.8. The van der Waals surface area contributed by atoms with E-state index in [9.17, 15) is 16.8 Å². The van der Waals surface area contributed by atoms with Gasteiger partial charge in [0.25, 0.3) is 0 Å². The number of nitrogens with zero attached hydrogens (tertiary/aromatic N) is 6. The summed E-state index contributed by atoms with van der Waals surface area (Å²) in [6.45, 7) is 12.5. The van der Waals surface area contributed by atoms with Crippen LogP contribution in [0.3, 0.4) is 0 Å². The van der Waals surface area contributed by atoms with E-state index < -0.39 is 38.8 Å². The molecule has 60 heavy (non-hydrogen) atoms. The molecule has 0 radical (unpaired) electrons. The molecular weight excluding hydrogens is 963 g/mol. The van der Waals surface area contributed by atoms with E-state index >= 15 is 0 Å². The Labute approximate surface area is 373 Å². The standard InChI is InChI=1S/C17H19N3O2S.C11H13BrN2O2S.C6H6N.3C4H9.Sn/c1-12-4-3-9-18-17(12)14-7-8-15-16(10-14)19(2)23(21,22)20(15)11-13-5-6-13;1-13-11-6-9(12)4-5-10(11)14(17(13,15)16)7-8-2-3-8;1-6-3-2-4-7-5-6;3*1-3-4-2;/h3-4,7-10,13H,5-6,11H2,1-2H3;4-6,8H,2-3,7H2,1H3;2-4H,1H3;3*1,3-4H2,2H3;. The number of aryl methyl sites for hydroxylation is 2. The van der Waals surface area contributed by atoms with Gasteiger partial charge in [-0.1, -0.05) is 28.1 Å². The summed E-state index contributed by atoms with van der Waals surface area (Å²) < 4.78 is 62.7. The first-order chi connectivity index (χ1) is 28.7. The molecule has 8 rings (SSSR count). The number of pyridine rings is 2. The Balaban J connectivity index is 0.000000153. The number of rotatable bonds is 15. The van der Waals surface area contributed by atoms with Gasteiger partial charge in [-0.25, -0.2) is 0 Å². The monoisotopic (exact) mass is 1030 g/mol.